The van der Waals surface area contributed by atoms with Gasteiger partial charge in [-0.2, -0.15) is 5.10 Å². The molecular formula is C7H11N5O. The lowest BCUT2D eigenvalue weighted by molar-refractivity contribution is 0.242. The van der Waals surface area contributed by atoms with Crippen LogP contribution in [0.2, 0.25) is 0 Å². The fourth-order valence-corrected chi connectivity index (χ4v) is 0.698. The van der Waals surface area contributed by atoms with E-state index >= 15 is 0 Å². The Balaban J connectivity index is 2.30. The van der Waals surface area contributed by atoms with E-state index in [9.17, 15) is 4.79 Å². The average Bonchev–Trinajstić information content (AvgIpc) is 2.57. The van der Waals surface area contributed by atoms with Crippen molar-refractivity contribution in [3.05, 3.63) is 18.2 Å². The molecule has 0 spiro atoms. The van der Waals surface area contributed by atoms with E-state index in [1.807, 2.05) is 6.92 Å². The number of carbonyl (C=O) groups excluding carboxylic acids is 1. The van der Waals surface area contributed by atoms with E-state index < -0.39 is 0 Å². The lowest BCUT2D eigenvalue weighted by Crippen LogP contribution is -2.31. The van der Waals surface area contributed by atoms with Crippen molar-refractivity contribution in [2.45, 2.75) is 6.92 Å². The second-order valence-corrected chi connectivity index (χ2v) is 2.24. The lowest BCUT2D eigenvalue weighted by atomic mass is 10.5. The van der Waals surface area contributed by atoms with Crippen molar-refractivity contribution in [1.29, 1.82) is 0 Å². The molecule has 6 nitrogen and oxygen atoms in total. The van der Waals surface area contributed by atoms with Crippen molar-refractivity contribution < 1.29 is 4.79 Å². The minimum Gasteiger partial charge on any atom is -0.344 e. The van der Waals surface area contributed by atoms with Crippen LogP contribution in [0.25, 0.3) is 0 Å². The number of carbonyl (C=O) groups is 1. The Morgan fingerprint density at radius 3 is 3.31 bits per heavy atom. The minimum atomic E-state index is -0.321. The molecule has 0 saturated heterocycles. The molecule has 0 atom stereocenters. The van der Waals surface area contributed by atoms with Gasteiger partial charge in [-0.05, 0) is 6.92 Å². The summed E-state index contributed by atoms with van der Waals surface area (Å²) in [6.45, 7) is 2.41. The summed E-state index contributed by atoms with van der Waals surface area (Å²) in [4.78, 5) is 17.4. The third-order valence-electron chi connectivity index (χ3n) is 1.23. The van der Waals surface area contributed by atoms with Gasteiger partial charge in [0.1, 0.15) is 0 Å². The summed E-state index contributed by atoms with van der Waals surface area (Å²) < 4.78 is 0. The fraction of sp³-hybridized carbons (Fsp3) is 0.286. The highest BCUT2D eigenvalue weighted by Gasteiger charge is 1.92. The largest absolute Gasteiger partial charge is 0.344 e. The van der Waals surface area contributed by atoms with Gasteiger partial charge >= 0.3 is 6.03 Å². The summed E-state index contributed by atoms with van der Waals surface area (Å²) in [6.07, 6.45) is 4.61. The number of nitrogens with one attached hydrogen (secondary N) is 3. The number of hydrogen-bond donors (Lipinski definition) is 3. The van der Waals surface area contributed by atoms with Gasteiger partial charge in [-0.1, -0.05) is 0 Å². The van der Waals surface area contributed by atoms with Crippen LogP contribution < -0.4 is 10.7 Å². The summed E-state index contributed by atoms with van der Waals surface area (Å²) in [5, 5.41) is 6.21. The number of hydrogen-bond acceptors (Lipinski definition) is 3. The fourth-order valence-electron chi connectivity index (χ4n) is 0.698. The molecule has 1 aromatic heterocycles. The zero-order valence-corrected chi connectivity index (χ0v) is 7.24. The molecule has 3 N–H and O–H groups in total. The molecule has 0 aliphatic heterocycles. The van der Waals surface area contributed by atoms with Gasteiger partial charge in [-0.25, -0.2) is 15.2 Å². The molecule has 0 fully saturated rings. The van der Waals surface area contributed by atoms with Crippen LogP contribution in [0.4, 0.5) is 4.79 Å². The molecule has 13 heavy (non-hydrogen) atoms. The second kappa shape index (κ2) is 4.91. The molecule has 1 heterocycles. The van der Waals surface area contributed by atoms with Gasteiger partial charge in [0.15, 0.2) is 0 Å². The molecule has 0 bridgehead atoms. The summed E-state index contributed by atoms with van der Waals surface area (Å²) in [7, 11) is 0. The molecule has 1 rings (SSSR count). The van der Waals surface area contributed by atoms with Crippen molar-refractivity contribution >= 4 is 12.2 Å². The second-order valence-electron chi connectivity index (χ2n) is 2.24. The monoisotopic (exact) mass is 181 g/mol. The number of H-pyrrole nitrogens is 1. The van der Waals surface area contributed by atoms with Crippen LogP contribution >= 0.6 is 0 Å². The molecular weight excluding hydrogens is 170 g/mol. The Kier molecular flexibility index (Phi) is 3.49. The van der Waals surface area contributed by atoms with E-state index in [4.69, 9.17) is 0 Å². The van der Waals surface area contributed by atoms with Crippen LogP contribution in [-0.4, -0.2) is 28.8 Å². The molecule has 70 valence electrons. The van der Waals surface area contributed by atoms with E-state index in [0.717, 1.165) is 5.69 Å². The molecule has 6 heteroatoms. The van der Waals surface area contributed by atoms with Crippen molar-refractivity contribution in [3.8, 4) is 0 Å². The minimum absolute atomic E-state index is 0.321. The van der Waals surface area contributed by atoms with Crippen LogP contribution in [0.15, 0.2) is 17.6 Å². The summed E-state index contributed by atoms with van der Waals surface area (Å²) in [5.74, 6) is 0. The van der Waals surface area contributed by atoms with Crippen LogP contribution in [0, 0.1) is 0 Å². The molecule has 0 aromatic carbocycles. The number of imidazole rings is 1. The first-order chi connectivity index (χ1) is 6.33. The highest BCUT2D eigenvalue weighted by atomic mass is 16.2. The predicted molar refractivity (Wildman–Crippen MR) is 48.4 cm³/mol. The van der Waals surface area contributed by atoms with E-state index in [-0.39, 0.29) is 6.03 Å². The van der Waals surface area contributed by atoms with Crippen LogP contribution in [0.5, 0.6) is 0 Å². The third kappa shape index (κ3) is 3.37. The van der Waals surface area contributed by atoms with Gasteiger partial charge in [0, 0.05) is 6.54 Å². The van der Waals surface area contributed by atoms with Crippen LogP contribution in [0.3, 0.4) is 0 Å². The lowest BCUT2D eigenvalue weighted by Gasteiger charge is -1.97. The summed E-state index contributed by atoms with van der Waals surface area (Å²) >= 11 is 0. The van der Waals surface area contributed by atoms with Gasteiger partial charge < -0.3 is 10.3 Å². The molecule has 0 radical (unpaired) electrons. The number of aromatic amines is 1. The standard InChI is InChI=1S/C7H11N5O/c1-2-9-7(13)12-11-4-6-3-8-5-10-6/h3-5H,2H2,1H3,(H,8,10)(H2,9,12,13)/b11-4+. The number of amides is 2. The highest BCUT2D eigenvalue weighted by Crippen LogP contribution is 1.82. The average molecular weight is 181 g/mol. The van der Waals surface area contributed by atoms with E-state index in [2.05, 4.69) is 25.8 Å². The predicted octanol–water partition coefficient (Wildman–Crippen LogP) is 0.0627. The van der Waals surface area contributed by atoms with Gasteiger partial charge in [0.05, 0.1) is 24.4 Å². The Labute approximate surface area is 75.4 Å². The van der Waals surface area contributed by atoms with Crippen LogP contribution in [0.1, 0.15) is 12.6 Å². The van der Waals surface area contributed by atoms with E-state index in [1.165, 1.54) is 12.5 Å². The first-order valence-corrected chi connectivity index (χ1v) is 3.88. The Morgan fingerprint density at radius 2 is 2.69 bits per heavy atom. The van der Waals surface area contributed by atoms with Gasteiger partial charge in [0.25, 0.3) is 0 Å². The Hall–Kier alpha value is -1.85. The third-order valence-corrected chi connectivity index (χ3v) is 1.23. The van der Waals surface area contributed by atoms with Gasteiger partial charge in [0.2, 0.25) is 0 Å². The van der Waals surface area contributed by atoms with Crippen LogP contribution in [-0.2, 0) is 0 Å². The molecule has 0 aliphatic rings. The molecule has 0 saturated carbocycles. The van der Waals surface area contributed by atoms with Gasteiger partial charge in [-0.15, -0.1) is 0 Å². The molecule has 0 aliphatic carbocycles. The topological polar surface area (TPSA) is 82.2 Å². The smallest absolute Gasteiger partial charge is 0.335 e. The number of aromatic nitrogens is 2. The van der Waals surface area contributed by atoms with E-state index in [1.54, 1.807) is 6.20 Å². The Morgan fingerprint density at radius 1 is 1.85 bits per heavy atom. The maximum absolute atomic E-state index is 10.8. The molecule has 1 aromatic rings. The van der Waals surface area contributed by atoms with Crippen molar-refractivity contribution in [2.75, 3.05) is 6.54 Å². The molecule has 2 amide bonds. The normalized spacial score (nSPS) is 10.2. The zero-order chi connectivity index (χ0) is 9.52. The number of urea groups is 1. The van der Waals surface area contributed by atoms with E-state index in [0.29, 0.717) is 6.54 Å². The first-order valence-electron chi connectivity index (χ1n) is 3.88. The molecule has 0 unspecified atom stereocenters. The van der Waals surface area contributed by atoms with Crippen molar-refractivity contribution in [1.82, 2.24) is 20.7 Å². The zero-order valence-electron chi connectivity index (χ0n) is 7.24. The number of hydrazone groups is 1. The number of rotatable bonds is 3. The maximum atomic E-state index is 10.8. The first kappa shape index (κ1) is 9.24. The Bertz CT molecular complexity index is 279. The SMILES string of the molecule is CCNC(=O)N/N=C/c1cnc[nH]1. The van der Waals surface area contributed by atoms with Crippen molar-refractivity contribution in [3.63, 3.8) is 0 Å². The summed E-state index contributed by atoms with van der Waals surface area (Å²) in [5.41, 5.74) is 3.03. The van der Waals surface area contributed by atoms with Gasteiger partial charge in [-0.3, -0.25) is 0 Å². The number of nitrogens with zero attached hydrogens (tertiary/aromatic N) is 2. The maximum Gasteiger partial charge on any atom is 0.335 e. The summed E-state index contributed by atoms with van der Waals surface area (Å²) in [6, 6.07) is -0.321. The quantitative estimate of drug-likeness (QED) is 0.455. The highest BCUT2D eigenvalue weighted by molar-refractivity contribution is 5.79. The van der Waals surface area contributed by atoms with Crippen molar-refractivity contribution in [2.24, 2.45) is 5.10 Å².